The number of hydrogen-bond donors (Lipinski definition) is 2. The number of amides is 1. The predicted octanol–water partition coefficient (Wildman–Crippen LogP) is 2.51. The van der Waals surface area contributed by atoms with Gasteiger partial charge in [-0.15, -0.1) is 0 Å². The lowest BCUT2D eigenvalue weighted by Crippen LogP contribution is -2.23. The van der Waals surface area contributed by atoms with Crippen LogP contribution in [0.25, 0.3) is 0 Å². The van der Waals surface area contributed by atoms with Gasteiger partial charge in [0.25, 0.3) is 0 Å². The molecule has 0 fully saturated rings. The first-order chi connectivity index (χ1) is 8.55. The summed E-state index contributed by atoms with van der Waals surface area (Å²) in [5.74, 6) is -4.89. The number of hydrogen-bond acceptors (Lipinski definition) is 2. The minimum absolute atomic E-state index is 0.218. The van der Waals surface area contributed by atoms with Crippen LogP contribution in [0.5, 0.6) is 0 Å². The predicted molar refractivity (Wildman–Crippen MR) is 57.1 cm³/mol. The quantitative estimate of drug-likeness (QED) is 0.665. The van der Waals surface area contributed by atoms with Crippen LogP contribution in [0.1, 0.15) is 23.6 Å². The van der Waals surface area contributed by atoms with Crippen molar-refractivity contribution in [3.05, 3.63) is 33.9 Å². The highest BCUT2D eigenvalue weighted by molar-refractivity contribution is 6.31. The van der Waals surface area contributed by atoms with Crippen LogP contribution < -0.4 is 11.5 Å². The number of carbonyl (C=O) groups excluding carboxylic acids is 1. The molecule has 1 rings (SSSR count). The molecule has 0 heterocycles. The van der Waals surface area contributed by atoms with Crippen LogP contribution in [0, 0.1) is 11.6 Å². The zero-order valence-corrected chi connectivity index (χ0v) is 9.95. The van der Waals surface area contributed by atoms with Gasteiger partial charge < -0.3 is 11.5 Å². The molecular weight excluding hydrogens is 295 g/mol. The van der Waals surface area contributed by atoms with Crippen LogP contribution in [0.2, 0.25) is 5.02 Å². The van der Waals surface area contributed by atoms with Crippen molar-refractivity contribution in [1.82, 2.24) is 0 Å². The van der Waals surface area contributed by atoms with Gasteiger partial charge in [0.15, 0.2) is 11.6 Å². The number of halogens is 6. The van der Waals surface area contributed by atoms with E-state index in [1.807, 2.05) is 0 Å². The monoisotopic (exact) mass is 302 g/mol. The summed E-state index contributed by atoms with van der Waals surface area (Å²) in [5.41, 5.74) is 7.60. The van der Waals surface area contributed by atoms with Crippen LogP contribution in [-0.4, -0.2) is 5.91 Å². The molecule has 1 unspecified atom stereocenters. The Morgan fingerprint density at radius 3 is 2.26 bits per heavy atom. The topological polar surface area (TPSA) is 69.1 Å². The first-order valence-corrected chi connectivity index (χ1v) is 5.22. The molecule has 0 saturated carbocycles. The second kappa shape index (κ2) is 5.30. The normalized spacial score (nSPS) is 13.4. The van der Waals surface area contributed by atoms with E-state index in [0.29, 0.717) is 0 Å². The Morgan fingerprint density at radius 1 is 1.32 bits per heavy atom. The maximum atomic E-state index is 13.6. The van der Waals surface area contributed by atoms with Crippen molar-refractivity contribution in [1.29, 1.82) is 0 Å². The van der Waals surface area contributed by atoms with Gasteiger partial charge in [-0.05, 0) is 6.07 Å². The van der Waals surface area contributed by atoms with Crippen molar-refractivity contribution in [3.8, 4) is 0 Å². The summed E-state index contributed by atoms with van der Waals surface area (Å²) in [5, 5.41) is -0.722. The lowest BCUT2D eigenvalue weighted by atomic mass is 10.0. The Bertz CT molecular complexity index is 518. The molecule has 1 aromatic carbocycles. The van der Waals surface area contributed by atoms with Crippen LogP contribution in [0.15, 0.2) is 6.07 Å². The molecule has 3 nitrogen and oxygen atoms in total. The molecule has 1 atom stereocenters. The number of benzene rings is 1. The lowest BCUT2D eigenvalue weighted by Gasteiger charge is -2.16. The molecule has 0 saturated heterocycles. The van der Waals surface area contributed by atoms with Gasteiger partial charge in [-0.2, -0.15) is 13.2 Å². The van der Waals surface area contributed by atoms with Crippen LogP contribution in [0.4, 0.5) is 22.0 Å². The zero-order chi connectivity index (χ0) is 15.0. The van der Waals surface area contributed by atoms with Crippen molar-refractivity contribution >= 4 is 17.5 Å². The zero-order valence-electron chi connectivity index (χ0n) is 9.19. The molecule has 0 aromatic heterocycles. The smallest absolute Gasteiger partial charge is 0.370 e. The van der Waals surface area contributed by atoms with Gasteiger partial charge in [0, 0.05) is 23.0 Å². The SMILES string of the molecule is NC(=O)CC(N)c1c(Cl)cc(C(F)(F)F)c(F)c1F. The Kier molecular flexibility index (Phi) is 4.36. The molecule has 19 heavy (non-hydrogen) atoms. The van der Waals surface area contributed by atoms with Gasteiger partial charge in [0.1, 0.15) is 0 Å². The van der Waals surface area contributed by atoms with Gasteiger partial charge in [0.05, 0.1) is 5.56 Å². The highest BCUT2D eigenvalue weighted by Crippen LogP contribution is 2.38. The molecular formula is C10H8ClF5N2O. The Hall–Kier alpha value is -1.41. The second-order valence-electron chi connectivity index (χ2n) is 3.72. The fraction of sp³-hybridized carbons (Fsp3) is 0.300. The molecule has 0 spiro atoms. The number of alkyl halides is 3. The summed E-state index contributed by atoms with van der Waals surface area (Å²) >= 11 is 5.45. The standard InChI is InChI=1S/C10H8ClF5N2O/c11-4-1-3(10(14,15)16)8(12)9(13)7(4)5(17)2-6(18)19/h1,5H,2,17H2,(H2,18,19). The number of carbonyl (C=O) groups is 1. The third kappa shape index (κ3) is 3.32. The van der Waals surface area contributed by atoms with Crippen LogP contribution >= 0.6 is 11.6 Å². The van der Waals surface area contributed by atoms with E-state index >= 15 is 0 Å². The summed E-state index contributed by atoms with van der Waals surface area (Å²) in [6.45, 7) is 0. The average molecular weight is 303 g/mol. The molecule has 0 aliphatic rings. The Balaban J connectivity index is 3.38. The highest BCUT2D eigenvalue weighted by Gasteiger charge is 2.37. The van der Waals surface area contributed by atoms with Crippen LogP contribution in [-0.2, 0) is 11.0 Å². The van der Waals surface area contributed by atoms with Crippen molar-refractivity contribution in [2.75, 3.05) is 0 Å². The number of rotatable bonds is 3. The number of primary amides is 1. The summed E-state index contributed by atoms with van der Waals surface area (Å²) in [6.07, 6.45) is -5.68. The molecule has 0 aliphatic carbocycles. The largest absolute Gasteiger partial charge is 0.419 e. The molecule has 0 radical (unpaired) electrons. The fourth-order valence-corrected chi connectivity index (χ4v) is 1.81. The Morgan fingerprint density at radius 2 is 1.84 bits per heavy atom. The van der Waals surface area contributed by atoms with E-state index in [0.717, 1.165) is 0 Å². The van der Waals surface area contributed by atoms with Gasteiger partial charge in [-0.3, -0.25) is 4.79 Å². The molecule has 1 amide bonds. The van der Waals surface area contributed by atoms with Crippen LogP contribution in [0.3, 0.4) is 0 Å². The van der Waals surface area contributed by atoms with E-state index in [-0.39, 0.29) is 6.07 Å². The van der Waals surface area contributed by atoms with E-state index in [1.165, 1.54) is 0 Å². The summed E-state index contributed by atoms with van der Waals surface area (Å²) in [7, 11) is 0. The lowest BCUT2D eigenvalue weighted by molar-refractivity contribution is -0.140. The van der Waals surface area contributed by atoms with E-state index < -0.39 is 52.3 Å². The molecule has 0 bridgehead atoms. The number of nitrogens with two attached hydrogens (primary N) is 2. The van der Waals surface area contributed by atoms with E-state index in [1.54, 1.807) is 0 Å². The summed E-state index contributed by atoms with van der Waals surface area (Å²) in [4.78, 5) is 10.6. The molecule has 0 aliphatic heterocycles. The minimum atomic E-state index is -5.10. The summed E-state index contributed by atoms with van der Waals surface area (Å²) in [6, 6.07) is -1.21. The molecule has 106 valence electrons. The van der Waals surface area contributed by atoms with Crippen molar-refractivity contribution in [3.63, 3.8) is 0 Å². The van der Waals surface area contributed by atoms with Gasteiger partial charge in [-0.1, -0.05) is 11.6 Å². The maximum Gasteiger partial charge on any atom is 0.419 e. The molecule has 9 heteroatoms. The third-order valence-electron chi connectivity index (χ3n) is 2.29. The first kappa shape index (κ1) is 15.6. The third-order valence-corrected chi connectivity index (χ3v) is 2.60. The molecule has 4 N–H and O–H groups in total. The van der Waals surface area contributed by atoms with Crippen molar-refractivity contribution in [2.24, 2.45) is 11.5 Å². The molecule has 1 aromatic rings. The van der Waals surface area contributed by atoms with Gasteiger partial charge in [0.2, 0.25) is 5.91 Å². The van der Waals surface area contributed by atoms with Gasteiger partial charge in [-0.25, -0.2) is 8.78 Å². The van der Waals surface area contributed by atoms with E-state index in [2.05, 4.69) is 0 Å². The maximum absolute atomic E-state index is 13.6. The van der Waals surface area contributed by atoms with E-state index in [9.17, 15) is 26.7 Å². The van der Waals surface area contributed by atoms with Crippen molar-refractivity contribution < 1.29 is 26.7 Å². The van der Waals surface area contributed by atoms with E-state index in [4.69, 9.17) is 23.1 Å². The van der Waals surface area contributed by atoms with Gasteiger partial charge >= 0.3 is 6.18 Å². The highest BCUT2D eigenvalue weighted by atomic mass is 35.5. The fourth-order valence-electron chi connectivity index (χ4n) is 1.47. The second-order valence-corrected chi connectivity index (χ2v) is 4.13. The first-order valence-electron chi connectivity index (χ1n) is 4.84. The summed E-state index contributed by atoms with van der Waals surface area (Å²) < 4.78 is 64.0. The average Bonchev–Trinajstić information content (AvgIpc) is 2.20. The Labute approximate surface area is 109 Å². The van der Waals surface area contributed by atoms with Crippen molar-refractivity contribution in [2.45, 2.75) is 18.6 Å². The minimum Gasteiger partial charge on any atom is -0.370 e.